The highest BCUT2D eigenvalue weighted by atomic mass is 35.5. The van der Waals surface area contributed by atoms with Crippen molar-refractivity contribution < 1.29 is 5.11 Å². The Labute approximate surface area is 124 Å². The summed E-state index contributed by atoms with van der Waals surface area (Å²) in [7, 11) is 1.90. The van der Waals surface area contributed by atoms with Crippen molar-refractivity contribution in [1.29, 1.82) is 0 Å². The number of halogens is 1. The van der Waals surface area contributed by atoms with Gasteiger partial charge in [-0.2, -0.15) is 0 Å². The Morgan fingerprint density at radius 2 is 1.70 bits per heavy atom. The first kappa shape index (κ1) is 13.6. The zero-order valence-electron chi connectivity index (χ0n) is 11.4. The highest BCUT2D eigenvalue weighted by Gasteiger charge is 2.38. The van der Waals surface area contributed by atoms with E-state index in [0.717, 1.165) is 11.4 Å². The quantitative estimate of drug-likeness (QED) is 0.908. The van der Waals surface area contributed by atoms with Gasteiger partial charge in [0.1, 0.15) is 0 Å². The third kappa shape index (κ3) is 2.35. The molecule has 2 nitrogen and oxygen atoms in total. The van der Waals surface area contributed by atoms with Crippen molar-refractivity contribution in [1.82, 2.24) is 5.32 Å². The second-order valence-electron chi connectivity index (χ2n) is 5.32. The molecule has 0 spiro atoms. The summed E-state index contributed by atoms with van der Waals surface area (Å²) in [5.41, 5.74) is 3.65. The van der Waals surface area contributed by atoms with Gasteiger partial charge in [0, 0.05) is 10.9 Å². The van der Waals surface area contributed by atoms with Crippen molar-refractivity contribution >= 4 is 11.6 Å². The normalized spacial score (nSPS) is 24.6. The minimum absolute atomic E-state index is 0.0171. The fourth-order valence-corrected chi connectivity index (χ4v) is 3.29. The first-order chi connectivity index (χ1) is 9.70. The Morgan fingerprint density at radius 3 is 2.35 bits per heavy atom. The van der Waals surface area contributed by atoms with Gasteiger partial charge in [-0.1, -0.05) is 48.0 Å². The van der Waals surface area contributed by atoms with E-state index in [1.165, 1.54) is 16.7 Å². The summed E-state index contributed by atoms with van der Waals surface area (Å²) >= 11 is 5.92. The molecule has 0 amide bonds. The second kappa shape index (κ2) is 5.57. The number of aliphatic hydroxyl groups excluding tert-OH is 1. The Balaban J connectivity index is 1.91. The molecule has 0 fully saturated rings. The van der Waals surface area contributed by atoms with Crippen LogP contribution in [-0.4, -0.2) is 18.3 Å². The number of hydrogen-bond acceptors (Lipinski definition) is 2. The average molecular weight is 288 g/mol. The summed E-state index contributed by atoms with van der Waals surface area (Å²) in [5.74, 6) is 0.129. The maximum Gasteiger partial charge on any atom is 0.0806 e. The SMILES string of the molecule is CN[C@@H]1c2ccccc2[C@H](Cc2ccc(Cl)cc2)C1O. The Bertz CT molecular complexity index is 596. The molecule has 2 N–H and O–H groups in total. The van der Waals surface area contributed by atoms with E-state index in [4.69, 9.17) is 11.6 Å². The fraction of sp³-hybridized carbons (Fsp3) is 0.294. The number of nitrogens with one attached hydrogen (secondary N) is 1. The van der Waals surface area contributed by atoms with E-state index in [2.05, 4.69) is 17.4 Å². The van der Waals surface area contributed by atoms with Gasteiger partial charge in [-0.25, -0.2) is 0 Å². The van der Waals surface area contributed by atoms with Gasteiger partial charge in [-0.15, -0.1) is 0 Å². The van der Waals surface area contributed by atoms with Crippen LogP contribution in [0.2, 0.25) is 5.02 Å². The van der Waals surface area contributed by atoms with Crippen LogP contribution < -0.4 is 5.32 Å². The van der Waals surface area contributed by atoms with Gasteiger partial charge < -0.3 is 10.4 Å². The minimum Gasteiger partial charge on any atom is -0.390 e. The van der Waals surface area contributed by atoms with E-state index in [1.807, 2.05) is 43.4 Å². The summed E-state index contributed by atoms with van der Waals surface area (Å²) in [6.07, 6.45) is 0.432. The lowest BCUT2D eigenvalue weighted by atomic mass is 9.92. The molecule has 1 aliphatic carbocycles. The van der Waals surface area contributed by atoms with Gasteiger partial charge in [-0.05, 0) is 42.3 Å². The van der Waals surface area contributed by atoms with Crippen LogP contribution in [0.3, 0.4) is 0 Å². The van der Waals surface area contributed by atoms with Gasteiger partial charge in [0.25, 0.3) is 0 Å². The molecule has 3 rings (SSSR count). The van der Waals surface area contributed by atoms with Gasteiger partial charge >= 0.3 is 0 Å². The van der Waals surface area contributed by atoms with Crippen LogP contribution >= 0.6 is 11.6 Å². The monoisotopic (exact) mass is 287 g/mol. The average Bonchev–Trinajstić information content (AvgIpc) is 2.74. The first-order valence-electron chi connectivity index (χ1n) is 6.89. The molecular formula is C17H18ClNO. The predicted octanol–water partition coefficient (Wildman–Crippen LogP) is 3.30. The van der Waals surface area contributed by atoms with Crippen LogP contribution in [0.15, 0.2) is 48.5 Å². The molecule has 3 atom stereocenters. The second-order valence-corrected chi connectivity index (χ2v) is 5.76. The first-order valence-corrected chi connectivity index (χ1v) is 7.27. The lowest BCUT2D eigenvalue weighted by Crippen LogP contribution is -2.28. The Kier molecular flexibility index (Phi) is 3.79. The van der Waals surface area contributed by atoms with Crippen molar-refractivity contribution in [3.05, 3.63) is 70.2 Å². The van der Waals surface area contributed by atoms with E-state index in [-0.39, 0.29) is 12.0 Å². The van der Waals surface area contributed by atoms with E-state index in [1.54, 1.807) is 0 Å². The molecule has 0 saturated heterocycles. The standard InChI is InChI=1S/C17H18ClNO/c1-19-16-14-5-3-2-4-13(14)15(17(16)20)10-11-6-8-12(18)9-7-11/h2-9,15-17,19-20H,10H2,1H3/t15-,16+,17?/m0/s1. The molecule has 0 radical (unpaired) electrons. The van der Waals surface area contributed by atoms with E-state index in [0.29, 0.717) is 0 Å². The molecule has 0 saturated carbocycles. The van der Waals surface area contributed by atoms with Crippen LogP contribution in [0.5, 0.6) is 0 Å². The Morgan fingerprint density at radius 1 is 1.05 bits per heavy atom. The molecular weight excluding hydrogens is 270 g/mol. The summed E-state index contributed by atoms with van der Waals surface area (Å²) in [6.45, 7) is 0. The van der Waals surface area contributed by atoms with Crippen molar-refractivity contribution in [2.75, 3.05) is 7.05 Å². The van der Waals surface area contributed by atoms with Crippen LogP contribution in [0.4, 0.5) is 0 Å². The third-order valence-corrected chi connectivity index (χ3v) is 4.42. The van der Waals surface area contributed by atoms with Crippen molar-refractivity contribution in [3.63, 3.8) is 0 Å². The van der Waals surface area contributed by atoms with Crippen molar-refractivity contribution in [2.45, 2.75) is 24.5 Å². The molecule has 3 heteroatoms. The number of hydrogen-bond donors (Lipinski definition) is 2. The number of benzene rings is 2. The Hall–Kier alpha value is -1.35. The minimum atomic E-state index is -0.395. The number of aliphatic hydroxyl groups is 1. The van der Waals surface area contributed by atoms with Crippen LogP contribution in [0, 0.1) is 0 Å². The lowest BCUT2D eigenvalue weighted by Gasteiger charge is -2.20. The summed E-state index contributed by atoms with van der Waals surface area (Å²) in [4.78, 5) is 0. The van der Waals surface area contributed by atoms with Crippen LogP contribution in [0.25, 0.3) is 0 Å². The molecule has 0 bridgehead atoms. The molecule has 0 aliphatic heterocycles. The van der Waals surface area contributed by atoms with Crippen molar-refractivity contribution in [2.24, 2.45) is 0 Å². The van der Waals surface area contributed by atoms with Gasteiger partial charge in [-0.3, -0.25) is 0 Å². The zero-order chi connectivity index (χ0) is 14.1. The smallest absolute Gasteiger partial charge is 0.0806 e. The highest BCUT2D eigenvalue weighted by molar-refractivity contribution is 6.30. The number of fused-ring (bicyclic) bond motifs is 1. The molecule has 0 aromatic heterocycles. The molecule has 2 aromatic carbocycles. The number of rotatable bonds is 3. The van der Waals surface area contributed by atoms with E-state index >= 15 is 0 Å². The van der Waals surface area contributed by atoms with Gasteiger partial charge in [0.15, 0.2) is 0 Å². The summed E-state index contributed by atoms with van der Waals surface area (Å²) in [5, 5.41) is 14.6. The van der Waals surface area contributed by atoms with E-state index < -0.39 is 6.10 Å². The lowest BCUT2D eigenvalue weighted by molar-refractivity contribution is 0.118. The molecule has 104 valence electrons. The predicted molar refractivity (Wildman–Crippen MR) is 82.1 cm³/mol. The molecule has 1 unspecified atom stereocenters. The molecule has 1 aliphatic rings. The summed E-state index contributed by atoms with van der Waals surface area (Å²) < 4.78 is 0. The topological polar surface area (TPSA) is 32.3 Å². The largest absolute Gasteiger partial charge is 0.390 e. The highest BCUT2D eigenvalue weighted by Crippen LogP contribution is 2.42. The molecule has 0 heterocycles. The van der Waals surface area contributed by atoms with Crippen LogP contribution in [-0.2, 0) is 6.42 Å². The molecule has 2 aromatic rings. The third-order valence-electron chi connectivity index (χ3n) is 4.16. The number of likely N-dealkylation sites (N-methyl/N-ethyl adjacent to an activating group) is 1. The maximum absolute atomic E-state index is 10.6. The van der Waals surface area contributed by atoms with Crippen LogP contribution in [0.1, 0.15) is 28.7 Å². The summed E-state index contributed by atoms with van der Waals surface area (Å²) in [6, 6.07) is 16.2. The zero-order valence-corrected chi connectivity index (χ0v) is 12.1. The molecule has 20 heavy (non-hydrogen) atoms. The van der Waals surface area contributed by atoms with Gasteiger partial charge in [0.2, 0.25) is 0 Å². The van der Waals surface area contributed by atoms with E-state index in [9.17, 15) is 5.11 Å². The fourth-order valence-electron chi connectivity index (χ4n) is 3.16. The van der Waals surface area contributed by atoms with Gasteiger partial charge in [0.05, 0.1) is 12.1 Å². The van der Waals surface area contributed by atoms with Crippen molar-refractivity contribution in [3.8, 4) is 0 Å². The maximum atomic E-state index is 10.6.